The summed E-state index contributed by atoms with van der Waals surface area (Å²) >= 11 is 0. The van der Waals surface area contributed by atoms with Crippen LogP contribution in [-0.2, 0) is 4.74 Å². The largest absolute Gasteiger partial charge is 0.444 e. The first-order valence-corrected chi connectivity index (χ1v) is 9.82. The number of fused-ring (bicyclic) bond motifs is 3. The minimum atomic E-state index is -0.821. The summed E-state index contributed by atoms with van der Waals surface area (Å²) in [4.78, 5) is 45.3. The van der Waals surface area contributed by atoms with Crippen molar-refractivity contribution in [3.8, 4) is 0 Å². The number of rotatable bonds is 1. The molecule has 2 fully saturated rings. The lowest BCUT2D eigenvalue weighted by molar-refractivity contribution is 0.00311. The van der Waals surface area contributed by atoms with Gasteiger partial charge in [-0.05, 0) is 46.5 Å². The first-order chi connectivity index (χ1) is 14.1. The Morgan fingerprint density at radius 3 is 2.47 bits per heavy atom. The lowest BCUT2D eigenvalue weighted by atomic mass is 9.97. The van der Waals surface area contributed by atoms with Gasteiger partial charge in [0.05, 0.1) is 6.33 Å². The van der Waals surface area contributed by atoms with Crippen molar-refractivity contribution in [2.24, 2.45) is 10.9 Å². The Bertz CT molecular complexity index is 1120. The molecule has 2 unspecified atom stereocenters. The van der Waals surface area contributed by atoms with Crippen LogP contribution in [0.15, 0.2) is 21.1 Å². The maximum Gasteiger partial charge on any atom is 0.410 e. The Balaban J connectivity index is 1.72. The number of carbonyl (C=O) groups is 1. The third-order valence-corrected chi connectivity index (χ3v) is 5.66. The van der Waals surface area contributed by atoms with Gasteiger partial charge < -0.3 is 25.1 Å². The molecule has 30 heavy (non-hydrogen) atoms. The van der Waals surface area contributed by atoms with Gasteiger partial charge in [-0.25, -0.2) is 19.1 Å². The van der Waals surface area contributed by atoms with E-state index in [4.69, 9.17) is 15.7 Å². The van der Waals surface area contributed by atoms with E-state index in [1.54, 1.807) is 4.57 Å². The molecule has 4 heterocycles. The van der Waals surface area contributed by atoms with Gasteiger partial charge in [0.2, 0.25) is 5.96 Å². The molecule has 4 rings (SSSR count). The van der Waals surface area contributed by atoms with Crippen LogP contribution in [0.2, 0.25) is 0 Å². The van der Waals surface area contributed by atoms with E-state index in [1.807, 2.05) is 25.7 Å². The van der Waals surface area contributed by atoms with Gasteiger partial charge in [0.1, 0.15) is 5.60 Å². The van der Waals surface area contributed by atoms with Gasteiger partial charge in [-0.3, -0.25) is 9.78 Å². The number of nitrogens with one attached hydrogen (secondary N) is 1. The molecule has 2 aliphatic rings. The zero-order chi connectivity index (χ0) is 21.8. The molecule has 12 heteroatoms. The number of imidazole rings is 1. The number of hydrogen-bond acceptors (Lipinski definition) is 7. The van der Waals surface area contributed by atoms with E-state index in [0.717, 1.165) is 17.4 Å². The van der Waals surface area contributed by atoms with Gasteiger partial charge >= 0.3 is 11.8 Å². The SMILES string of the molecule is CC(C)(C)OC(=O)N1C2CCC1CC(n1cnc3c(=O)[nH]c(=O)n(/C(N)=N/O)c31)C2. The highest BCUT2D eigenvalue weighted by Crippen LogP contribution is 2.42. The van der Waals surface area contributed by atoms with Crippen LogP contribution in [0, 0.1) is 0 Å². The molecule has 162 valence electrons. The predicted octanol–water partition coefficient (Wildman–Crippen LogP) is 0.541. The highest BCUT2D eigenvalue weighted by molar-refractivity contribution is 5.88. The van der Waals surface area contributed by atoms with E-state index in [0.29, 0.717) is 12.8 Å². The van der Waals surface area contributed by atoms with Crippen LogP contribution < -0.4 is 17.0 Å². The molecular weight excluding hydrogens is 394 g/mol. The molecule has 0 aromatic carbocycles. The molecule has 2 aliphatic heterocycles. The third-order valence-electron chi connectivity index (χ3n) is 5.66. The van der Waals surface area contributed by atoms with Crippen molar-refractivity contribution in [2.75, 3.05) is 0 Å². The molecule has 2 saturated heterocycles. The lowest BCUT2D eigenvalue weighted by Crippen LogP contribution is -2.49. The summed E-state index contributed by atoms with van der Waals surface area (Å²) in [6, 6.07) is -0.163. The topological polar surface area (TPSA) is 161 Å². The predicted molar refractivity (Wildman–Crippen MR) is 107 cm³/mol. The molecule has 2 bridgehead atoms. The van der Waals surface area contributed by atoms with E-state index < -0.39 is 22.8 Å². The number of hydrogen-bond donors (Lipinski definition) is 3. The van der Waals surface area contributed by atoms with Crippen LogP contribution in [0.5, 0.6) is 0 Å². The van der Waals surface area contributed by atoms with Gasteiger partial charge in [0.25, 0.3) is 5.56 Å². The van der Waals surface area contributed by atoms with E-state index in [9.17, 15) is 14.4 Å². The fourth-order valence-electron chi connectivity index (χ4n) is 4.56. The Morgan fingerprint density at radius 2 is 1.90 bits per heavy atom. The van der Waals surface area contributed by atoms with Crippen molar-refractivity contribution >= 4 is 23.2 Å². The van der Waals surface area contributed by atoms with Crippen molar-refractivity contribution in [2.45, 2.75) is 70.2 Å². The number of nitrogens with zero attached hydrogens (tertiary/aromatic N) is 5. The standard InChI is InChI=1S/C18H25N7O5/c1-18(2,3)30-17(28)24-9-4-5-10(24)7-11(6-9)23-8-20-12-13(26)21-16(27)25(14(12)23)15(19)22-29/h8-11,29H,4-7H2,1-3H3,(H2,19,22)(H,21,26,27). The van der Waals surface area contributed by atoms with Crippen LogP contribution in [0.25, 0.3) is 11.2 Å². The summed E-state index contributed by atoms with van der Waals surface area (Å²) < 4.78 is 8.20. The van der Waals surface area contributed by atoms with Gasteiger partial charge in [-0.15, -0.1) is 0 Å². The average molecular weight is 419 g/mol. The number of aromatic amines is 1. The fraction of sp³-hybridized carbons (Fsp3) is 0.611. The van der Waals surface area contributed by atoms with Gasteiger partial charge in [-0.1, -0.05) is 5.16 Å². The quantitative estimate of drug-likeness (QED) is 0.263. The van der Waals surface area contributed by atoms with Gasteiger partial charge in [0, 0.05) is 18.1 Å². The summed E-state index contributed by atoms with van der Waals surface area (Å²) in [5.74, 6) is -0.475. The number of aromatic nitrogens is 4. The molecule has 1 amide bonds. The van der Waals surface area contributed by atoms with Crippen molar-refractivity contribution in [3.05, 3.63) is 27.2 Å². The van der Waals surface area contributed by atoms with Crippen molar-refractivity contribution < 1.29 is 14.7 Å². The zero-order valence-electron chi connectivity index (χ0n) is 17.0. The maximum atomic E-state index is 12.7. The first-order valence-electron chi connectivity index (χ1n) is 9.82. The fourth-order valence-corrected chi connectivity index (χ4v) is 4.56. The van der Waals surface area contributed by atoms with Gasteiger partial charge in [0.15, 0.2) is 11.2 Å². The molecule has 2 atom stereocenters. The molecule has 2 aromatic heterocycles. The zero-order valence-corrected chi connectivity index (χ0v) is 17.0. The second kappa shape index (κ2) is 6.89. The number of piperidine rings is 1. The minimum absolute atomic E-state index is 0.0168. The molecule has 0 spiro atoms. The average Bonchev–Trinajstić information content (AvgIpc) is 3.19. The molecule has 0 saturated carbocycles. The smallest absolute Gasteiger partial charge is 0.410 e. The number of nitrogens with two attached hydrogens (primary N) is 1. The van der Waals surface area contributed by atoms with E-state index in [1.165, 1.54) is 6.33 Å². The van der Waals surface area contributed by atoms with E-state index in [-0.39, 0.29) is 35.4 Å². The van der Waals surface area contributed by atoms with Crippen molar-refractivity contribution in [1.82, 2.24) is 24.0 Å². The Labute approximate surface area is 170 Å². The van der Waals surface area contributed by atoms with Crippen LogP contribution in [0.1, 0.15) is 52.5 Å². The van der Waals surface area contributed by atoms with Crippen LogP contribution in [0.3, 0.4) is 0 Å². The highest BCUT2D eigenvalue weighted by atomic mass is 16.6. The monoisotopic (exact) mass is 419 g/mol. The first kappa shape index (κ1) is 20.0. The van der Waals surface area contributed by atoms with E-state index in [2.05, 4.69) is 15.1 Å². The maximum absolute atomic E-state index is 12.7. The Hall–Kier alpha value is -3.31. The Kier molecular flexibility index (Phi) is 4.59. The molecule has 0 aliphatic carbocycles. The van der Waals surface area contributed by atoms with Gasteiger partial charge in [-0.2, -0.15) is 0 Å². The number of amides is 1. The second-order valence-corrected chi connectivity index (χ2v) is 8.77. The normalized spacial score (nSPS) is 24.4. The third kappa shape index (κ3) is 3.21. The number of carbonyl (C=O) groups excluding carboxylic acids is 1. The van der Waals surface area contributed by atoms with Crippen LogP contribution >= 0.6 is 0 Å². The van der Waals surface area contributed by atoms with Crippen LogP contribution in [0.4, 0.5) is 4.79 Å². The summed E-state index contributed by atoms with van der Waals surface area (Å²) in [6.45, 7) is 5.50. The molecular formula is C18H25N7O5. The summed E-state index contributed by atoms with van der Waals surface area (Å²) in [5, 5.41) is 12.0. The summed E-state index contributed by atoms with van der Waals surface area (Å²) in [7, 11) is 0. The van der Waals surface area contributed by atoms with Crippen LogP contribution in [-0.4, -0.2) is 58.9 Å². The van der Waals surface area contributed by atoms with E-state index >= 15 is 0 Å². The minimum Gasteiger partial charge on any atom is -0.444 e. The summed E-state index contributed by atoms with van der Waals surface area (Å²) in [5.41, 5.74) is 3.82. The summed E-state index contributed by atoms with van der Waals surface area (Å²) in [6.07, 6.45) is 4.07. The molecule has 0 radical (unpaired) electrons. The lowest BCUT2D eigenvalue weighted by Gasteiger charge is -2.40. The number of ether oxygens (including phenoxy) is 1. The molecule has 2 aromatic rings. The Morgan fingerprint density at radius 1 is 1.27 bits per heavy atom. The number of H-pyrrole nitrogens is 1. The molecule has 4 N–H and O–H groups in total. The highest BCUT2D eigenvalue weighted by Gasteiger charge is 2.45. The molecule has 12 nitrogen and oxygen atoms in total. The van der Waals surface area contributed by atoms with Crippen molar-refractivity contribution in [3.63, 3.8) is 0 Å². The number of oxime groups is 1. The second-order valence-electron chi connectivity index (χ2n) is 8.77. The van der Waals surface area contributed by atoms with Crippen molar-refractivity contribution in [1.29, 1.82) is 0 Å².